The standard InChI is InChI=1S/C13H20F3NO/c1-12(2,3)10-5-8-17(9-6-10)11(18)4-7-13(14,15)16/h5,8,10H,4,6-7,9H2,1-3H3. The predicted molar refractivity (Wildman–Crippen MR) is 63.7 cm³/mol. The average molecular weight is 263 g/mol. The van der Waals surface area contributed by atoms with Gasteiger partial charge in [0, 0.05) is 19.2 Å². The van der Waals surface area contributed by atoms with Crippen molar-refractivity contribution in [3.63, 3.8) is 0 Å². The fourth-order valence-electron chi connectivity index (χ4n) is 1.98. The molecule has 1 atom stereocenters. The Kier molecular flexibility index (Phi) is 4.46. The zero-order valence-electron chi connectivity index (χ0n) is 11.0. The summed E-state index contributed by atoms with van der Waals surface area (Å²) in [6.45, 7) is 6.85. The molecule has 0 radical (unpaired) electrons. The first-order valence-corrected chi connectivity index (χ1v) is 6.14. The van der Waals surface area contributed by atoms with Crippen LogP contribution >= 0.6 is 0 Å². The second-order valence-corrected chi connectivity index (χ2v) is 5.81. The second kappa shape index (κ2) is 5.33. The largest absolute Gasteiger partial charge is 0.389 e. The van der Waals surface area contributed by atoms with Crippen LogP contribution in [-0.2, 0) is 4.79 Å². The van der Waals surface area contributed by atoms with Crippen molar-refractivity contribution >= 4 is 5.91 Å². The first kappa shape index (κ1) is 15.1. The Morgan fingerprint density at radius 1 is 1.33 bits per heavy atom. The SMILES string of the molecule is CC(C)(C)C1C=CN(C(=O)CCC(F)(F)F)CC1. The van der Waals surface area contributed by atoms with Crippen LogP contribution < -0.4 is 0 Å². The summed E-state index contributed by atoms with van der Waals surface area (Å²) in [5.74, 6) is -0.0832. The smallest absolute Gasteiger partial charge is 0.319 e. The van der Waals surface area contributed by atoms with Crippen molar-refractivity contribution in [2.24, 2.45) is 11.3 Å². The predicted octanol–water partition coefficient (Wildman–Crippen LogP) is 3.74. The minimum Gasteiger partial charge on any atom is -0.319 e. The Hall–Kier alpha value is -1.00. The second-order valence-electron chi connectivity index (χ2n) is 5.81. The fourth-order valence-corrected chi connectivity index (χ4v) is 1.98. The normalized spacial score (nSPS) is 21.2. The molecule has 0 aliphatic carbocycles. The summed E-state index contributed by atoms with van der Waals surface area (Å²) in [5.41, 5.74) is 0.123. The number of alkyl halides is 3. The Bertz CT molecular complexity index is 328. The van der Waals surface area contributed by atoms with Crippen LogP contribution in [0.3, 0.4) is 0 Å². The van der Waals surface area contributed by atoms with E-state index in [4.69, 9.17) is 0 Å². The number of nitrogens with zero attached hydrogens (tertiary/aromatic N) is 1. The van der Waals surface area contributed by atoms with Crippen LogP contribution in [0.1, 0.15) is 40.0 Å². The van der Waals surface area contributed by atoms with Gasteiger partial charge in [0.25, 0.3) is 0 Å². The molecular formula is C13H20F3NO. The lowest BCUT2D eigenvalue weighted by atomic mass is 9.78. The van der Waals surface area contributed by atoms with E-state index in [1.165, 1.54) is 4.90 Å². The van der Waals surface area contributed by atoms with Crippen LogP contribution in [0.15, 0.2) is 12.3 Å². The van der Waals surface area contributed by atoms with Gasteiger partial charge in [-0.25, -0.2) is 0 Å². The fraction of sp³-hybridized carbons (Fsp3) is 0.769. The number of hydrogen-bond acceptors (Lipinski definition) is 1. The molecule has 1 unspecified atom stereocenters. The summed E-state index contributed by atoms with van der Waals surface area (Å²) in [5, 5.41) is 0. The summed E-state index contributed by atoms with van der Waals surface area (Å²) < 4.78 is 36.0. The lowest BCUT2D eigenvalue weighted by molar-refractivity contribution is -0.148. The molecule has 0 fully saturated rings. The molecule has 0 aromatic carbocycles. The summed E-state index contributed by atoms with van der Waals surface area (Å²) in [4.78, 5) is 13.0. The van der Waals surface area contributed by atoms with Crippen LogP contribution in [0.4, 0.5) is 13.2 Å². The lowest BCUT2D eigenvalue weighted by Crippen LogP contribution is -2.34. The lowest BCUT2D eigenvalue weighted by Gasteiger charge is -2.34. The van der Waals surface area contributed by atoms with Crippen LogP contribution in [0.25, 0.3) is 0 Å². The van der Waals surface area contributed by atoms with Gasteiger partial charge >= 0.3 is 6.18 Å². The van der Waals surface area contributed by atoms with Crippen molar-refractivity contribution in [2.75, 3.05) is 6.54 Å². The third kappa shape index (κ3) is 4.70. The Balaban J connectivity index is 2.49. The number of amides is 1. The van der Waals surface area contributed by atoms with Crippen molar-refractivity contribution in [2.45, 2.75) is 46.2 Å². The molecule has 2 nitrogen and oxygen atoms in total. The van der Waals surface area contributed by atoms with Crippen molar-refractivity contribution in [1.82, 2.24) is 4.90 Å². The molecule has 1 heterocycles. The van der Waals surface area contributed by atoms with E-state index in [9.17, 15) is 18.0 Å². The Morgan fingerprint density at radius 2 is 1.94 bits per heavy atom. The third-order valence-electron chi connectivity index (χ3n) is 3.23. The first-order valence-electron chi connectivity index (χ1n) is 6.14. The summed E-state index contributed by atoms with van der Waals surface area (Å²) in [7, 11) is 0. The van der Waals surface area contributed by atoms with Crippen molar-refractivity contribution in [3.05, 3.63) is 12.3 Å². The number of halogens is 3. The highest BCUT2D eigenvalue weighted by Crippen LogP contribution is 2.32. The van der Waals surface area contributed by atoms with Gasteiger partial charge in [0.1, 0.15) is 0 Å². The van der Waals surface area contributed by atoms with E-state index in [0.717, 1.165) is 6.42 Å². The molecule has 0 spiro atoms. The molecule has 0 saturated heterocycles. The van der Waals surface area contributed by atoms with Gasteiger partial charge in [-0.3, -0.25) is 4.79 Å². The van der Waals surface area contributed by atoms with Gasteiger partial charge in [0.2, 0.25) is 5.91 Å². The topological polar surface area (TPSA) is 20.3 Å². The van der Waals surface area contributed by atoms with Gasteiger partial charge in [-0.05, 0) is 17.8 Å². The molecule has 0 aromatic rings. The maximum Gasteiger partial charge on any atom is 0.389 e. The molecular weight excluding hydrogens is 243 g/mol. The van der Waals surface area contributed by atoms with Gasteiger partial charge in [0.05, 0.1) is 6.42 Å². The van der Waals surface area contributed by atoms with Gasteiger partial charge in [0.15, 0.2) is 0 Å². The van der Waals surface area contributed by atoms with Crippen molar-refractivity contribution < 1.29 is 18.0 Å². The molecule has 0 bridgehead atoms. The molecule has 1 rings (SSSR count). The molecule has 5 heteroatoms. The minimum absolute atomic E-state index is 0.123. The minimum atomic E-state index is -4.26. The molecule has 0 aromatic heterocycles. The number of hydrogen-bond donors (Lipinski definition) is 0. The number of rotatable bonds is 2. The molecule has 1 aliphatic rings. The van der Waals surface area contributed by atoms with Crippen LogP contribution in [-0.4, -0.2) is 23.5 Å². The first-order chi connectivity index (χ1) is 8.09. The monoisotopic (exact) mass is 263 g/mol. The molecule has 18 heavy (non-hydrogen) atoms. The highest BCUT2D eigenvalue weighted by molar-refractivity contribution is 5.77. The number of carbonyl (C=O) groups excluding carboxylic acids is 1. The van der Waals surface area contributed by atoms with Gasteiger partial charge in [-0.1, -0.05) is 26.8 Å². The number of carbonyl (C=O) groups is 1. The average Bonchev–Trinajstić information content (AvgIpc) is 2.24. The Morgan fingerprint density at radius 3 is 2.33 bits per heavy atom. The summed E-state index contributed by atoms with van der Waals surface area (Å²) in [6, 6.07) is 0. The zero-order chi connectivity index (χ0) is 14.0. The van der Waals surface area contributed by atoms with Gasteiger partial charge in [-0.15, -0.1) is 0 Å². The third-order valence-corrected chi connectivity index (χ3v) is 3.23. The van der Waals surface area contributed by atoms with E-state index in [-0.39, 0.29) is 5.41 Å². The van der Waals surface area contributed by atoms with E-state index in [1.807, 2.05) is 6.08 Å². The van der Waals surface area contributed by atoms with E-state index in [0.29, 0.717) is 12.5 Å². The van der Waals surface area contributed by atoms with Gasteiger partial charge < -0.3 is 4.90 Å². The van der Waals surface area contributed by atoms with E-state index in [1.54, 1.807) is 6.20 Å². The maximum absolute atomic E-state index is 12.0. The molecule has 0 N–H and O–H groups in total. The van der Waals surface area contributed by atoms with Crippen LogP contribution in [0.5, 0.6) is 0 Å². The van der Waals surface area contributed by atoms with Crippen LogP contribution in [0, 0.1) is 11.3 Å². The summed E-state index contributed by atoms with van der Waals surface area (Å²) >= 11 is 0. The molecule has 1 aliphatic heterocycles. The molecule has 0 saturated carbocycles. The van der Waals surface area contributed by atoms with Crippen molar-refractivity contribution in [3.8, 4) is 0 Å². The van der Waals surface area contributed by atoms with E-state index in [2.05, 4.69) is 20.8 Å². The van der Waals surface area contributed by atoms with E-state index >= 15 is 0 Å². The molecule has 1 amide bonds. The quantitative estimate of drug-likeness (QED) is 0.743. The maximum atomic E-state index is 12.0. The van der Waals surface area contributed by atoms with E-state index < -0.39 is 24.9 Å². The zero-order valence-corrected chi connectivity index (χ0v) is 11.0. The summed E-state index contributed by atoms with van der Waals surface area (Å²) in [6.07, 6.45) is -1.40. The highest BCUT2D eigenvalue weighted by Gasteiger charge is 2.30. The number of allylic oxidation sites excluding steroid dienone is 1. The Labute approximate surface area is 106 Å². The van der Waals surface area contributed by atoms with Crippen molar-refractivity contribution in [1.29, 1.82) is 0 Å². The molecule has 104 valence electrons. The van der Waals surface area contributed by atoms with Crippen LogP contribution in [0.2, 0.25) is 0 Å². The van der Waals surface area contributed by atoms with Gasteiger partial charge in [-0.2, -0.15) is 13.2 Å². The highest BCUT2D eigenvalue weighted by atomic mass is 19.4.